The second kappa shape index (κ2) is 5.50. The van der Waals surface area contributed by atoms with E-state index in [2.05, 4.69) is 17.1 Å². The molecule has 0 aromatic carbocycles. The van der Waals surface area contributed by atoms with Crippen molar-refractivity contribution in [2.75, 3.05) is 19.6 Å². The summed E-state index contributed by atoms with van der Waals surface area (Å²) < 4.78 is 0. The van der Waals surface area contributed by atoms with Gasteiger partial charge in [-0.05, 0) is 44.4 Å². The molecule has 1 saturated heterocycles. The molecule has 0 atom stereocenters. The molecular weight excluding hydrogens is 220 g/mol. The molecule has 3 aliphatic rings. The Bertz CT molecular complexity index is 254. The first-order valence-corrected chi connectivity index (χ1v) is 8.28. The predicted molar refractivity (Wildman–Crippen MR) is 76.8 cm³/mol. The second-order valence-electron chi connectivity index (χ2n) is 7.07. The molecule has 3 fully saturated rings. The topological polar surface area (TPSA) is 15.3 Å². The van der Waals surface area contributed by atoms with Crippen LogP contribution < -0.4 is 5.32 Å². The standard InChI is InChI=1S/C16H30N2/c1-14-5-7-15(8-6-14)18-12-11-17-13-16(18)9-3-2-4-10-16/h14-15,17H,2-13H2,1H3. The quantitative estimate of drug-likeness (QED) is 0.769. The lowest BCUT2D eigenvalue weighted by molar-refractivity contribution is -0.0222. The second-order valence-corrected chi connectivity index (χ2v) is 7.07. The largest absolute Gasteiger partial charge is 0.314 e. The van der Waals surface area contributed by atoms with Crippen molar-refractivity contribution in [2.45, 2.75) is 76.3 Å². The Morgan fingerprint density at radius 1 is 1.00 bits per heavy atom. The molecule has 18 heavy (non-hydrogen) atoms. The highest BCUT2D eigenvalue weighted by atomic mass is 15.3. The van der Waals surface area contributed by atoms with Gasteiger partial charge >= 0.3 is 0 Å². The van der Waals surface area contributed by atoms with E-state index in [1.165, 1.54) is 77.4 Å². The van der Waals surface area contributed by atoms with Crippen molar-refractivity contribution >= 4 is 0 Å². The smallest absolute Gasteiger partial charge is 0.0337 e. The van der Waals surface area contributed by atoms with E-state index < -0.39 is 0 Å². The molecule has 0 bridgehead atoms. The number of nitrogens with zero attached hydrogens (tertiary/aromatic N) is 1. The maximum Gasteiger partial charge on any atom is 0.0337 e. The number of nitrogens with one attached hydrogen (secondary N) is 1. The molecule has 0 amide bonds. The van der Waals surface area contributed by atoms with E-state index in [-0.39, 0.29) is 0 Å². The first-order chi connectivity index (χ1) is 8.80. The first-order valence-electron chi connectivity index (χ1n) is 8.28. The van der Waals surface area contributed by atoms with Gasteiger partial charge in [-0.2, -0.15) is 0 Å². The Morgan fingerprint density at radius 2 is 1.72 bits per heavy atom. The van der Waals surface area contributed by atoms with Crippen molar-refractivity contribution in [2.24, 2.45) is 5.92 Å². The third kappa shape index (κ3) is 2.46. The normalized spacial score (nSPS) is 37.8. The Kier molecular flexibility index (Phi) is 3.95. The molecule has 1 N–H and O–H groups in total. The minimum atomic E-state index is 0.543. The van der Waals surface area contributed by atoms with Gasteiger partial charge in [-0.1, -0.05) is 26.2 Å². The molecular formula is C16H30N2. The zero-order valence-electron chi connectivity index (χ0n) is 12.1. The van der Waals surface area contributed by atoms with Crippen LogP contribution in [0.25, 0.3) is 0 Å². The van der Waals surface area contributed by atoms with E-state index >= 15 is 0 Å². The highest BCUT2D eigenvalue weighted by Gasteiger charge is 2.43. The van der Waals surface area contributed by atoms with Gasteiger partial charge in [0.15, 0.2) is 0 Å². The Morgan fingerprint density at radius 3 is 2.44 bits per heavy atom. The van der Waals surface area contributed by atoms with E-state index in [9.17, 15) is 0 Å². The van der Waals surface area contributed by atoms with Gasteiger partial charge in [-0.3, -0.25) is 4.90 Å². The number of rotatable bonds is 1. The molecule has 0 radical (unpaired) electrons. The summed E-state index contributed by atoms with van der Waals surface area (Å²) in [6.45, 7) is 6.22. The van der Waals surface area contributed by atoms with Gasteiger partial charge in [0.1, 0.15) is 0 Å². The fraction of sp³-hybridized carbons (Fsp3) is 1.00. The zero-order valence-corrected chi connectivity index (χ0v) is 12.1. The van der Waals surface area contributed by atoms with Gasteiger partial charge in [0, 0.05) is 31.2 Å². The van der Waals surface area contributed by atoms with Crippen molar-refractivity contribution in [3.8, 4) is 0 Å². The zero-order chi connectivity index (χ0) is 12.4. The van der Waals surface area contributed by atoms with E-state index in [4.69, 9.17) is 0 Å². The number of hydrogen-bond donors (Lipinski definition) is 1. The monoisotopic (exact) mass is 250 g/mol. The fourth-order valence-electron chi connectivity index (χ4n) is 4.66. The molecule has 0 aromatic heterocycles. The van der Waals surface area contributed by atoms with Gasteiger partial charge in [0.25, 0.3) is 0 Å². The van der Waals surface area contributed by atoms with Crippen LogP contribution in [0.4, 0.5) is 0 Å². The van der Waals surface area contributed by atoms with Crippen LogP contribution in [-0.4, -0.2) is 36.1 Å². The predicted octanol–water partition coefficient (Wildman–Crippen LogP) is 3.17. The van der Waals surface area contributed by atoms with Crippen LogP contribution in [0.1, 0.15) is 64.7 Å². The van der Waals surface area contributed by atoms with Crippen LogP contribution in [0, 0.1) is 5.92 Å². The summed E-state index contributed by atoms with van der Waals surface area (Å²) in [6, 6.07) is 0.904. The highest BCUT2D eigenvalue weighted by Crippen LogP contribution is 2.39. The lowest BCUT2D eigenvalue weighted by Gasteiger charge is -2.54. The summed E-state index contributed by atoms with van der Waals surface area (Å²) in [5.41, 5.74) is 0.543. The van der Waals surface area contributed by atoms with Gasteiger partial charge in [0.2, 0.25) is 0 Å². The Labute approximate surface area is 113 Å². The van der Waals surface area contributed by atoms with E-state index in [0.29, 0.717) is 5.54 Å². The van der Waals surface area contributed by atoms with E-state index in [0.717, 1.165) is 12.0 Å². The minimum Gasteiger partial charge on any atom is -0.314 e. The minimum absolute atomic E-state index is 0.543. The summed E-state index contributed by atoms with van der Waals surface area (Å²) in [7, 11) is 0. The van der Waals surface area contributed by atoms with Gasteiger partial charge in [-0.15, -0.1) is 0 Å². The third-order valence-electron chi connectivity index (χ3n) is 5.80. The molecule has 2 aliphatic carbocycles. The van der Waals surface area contributed by atoms with Gasteiger partial charge < -0.3 is 5.32 Å². The first kappa shape index (κ1) is 12.9. The van der Waals surface area contributed by atoms with Crippen molar-refractivity contribution in [1.82, 2.24) is 10.2 Å². The van der Waals surface area contributed by atoms with E-state index in [1.807, 2.05) is 0 Å². The van der Waals surface area contributed by atoms with Crippen LogP contribution in [0.3, 0.4) is 0 Å². The lowest BCUT2D eigenvalue weighted by Crippen LogP contribution is -2.65. The summed E-state index contributed by atoms with van der Waals surface area (Å²) in [4.78, 5) is 2.95. The summed E-state index contributed by atoms with van der Waals surface area (Å²) in [5.74, 6) is 0.978. The third-order valence-corrected chi connectivity index (χ3v) is 5.80. The molecule has 3 rings (SSSR count). The summed E-state index contributed by atoms with van der Waals surface area (Å²) >= 11 is 0. The molecule has 2 nitrogen and oxygen atoms in total. The summed E-state index contributed by atoms with van der Waals surface area (Å²) in [5, 5.41) is 3.68. The van der Waals surface area contributed by atoms with Crippen molar-refractivity contribution in [3.63, 3.8) is 0 Å². The molecule has 0 aromatic rings. The van der Waals surface area contributed by atoms with Crippen LogP contribution in [-0.2, 0) is 0 Å². The average molecular weight is 250 g/mol. The van der Waals surface area contributed by atoms with Crippen molar-refractivity contribution < 1.29 is 0 Å². The Hall–Kier alpha value is -0.0800. The number of piperazine rings is 1. The molecule has 0 unspecified atom stereocenters. The number of hydrogen-bond acceptors (Lipinski definition) is 2. The maximum atomic E-state index is 3.68. The van der Waals surface area contributed by atoms with E-state index in [1.54, 1.807) is 0 Å². The van der Waals surface area contributed by atoms with Crippen LogP contribution in [0.15, 0.2) is 0 Å². The Balaban J connectivity index is 1.71. The fourth-order valence-corrected chi connectivity index (χ4v) is 4.66. The van der Waals surface area contributed by atoms with Crippen molar-refractivity contribution in [3.05, 3.63) is 0 Å². The van der Waals surface area contributed by atoms with Crippen molar-refractivity contribution in [1.29, 1.82) is 0 Å². The van der Waals surface area contributed by atoms with Crippen LogP contribution >= 0.6 is 0 Å². The molecule has 1 spiro atoms. The van der Waals surface area contributed by atoms with Crippen LogP contribution in [0.5, 0.6) is 0 Å². The maximum absolute atomic E-state index is 3.68. The molecule has 2 saturated carbocycles. The molecule has 1 heterocycles. The highest BCUT2D eigenvalue weighted by molar-refractivity contribution is 5.00. The van der Waals surface area contributed by atoms with Crippen LogP contribution in [0.2, 0.25) is 0 Å². The van der Waals surface area contributed by atoms with Gasteiger partial charge in [-0.25, -0.2) is 0 Å². The SMILES string of the molecule is CC1CCC(N2CCNCC23CCCCC3)CC1. The summed E-state index contributed by atoms with van der Waals surface area (Å²) in [6.07, 6.45) is 13.1. The average Bonchev–Trinajstić information content (AvgIpc) is 2.42. The van der Waals surface area contributed by atoms with Gasteiger partial charge in [0.05, 0.1) is 0 Å². The molecule has 2 heteroatoms. The molecule has 104 valence electrons. The molecule has 1 aliphatic heterocycles. The lowest BCUT2D eigenvalue weighted by atomic mass is 9.76.